The van der Waals surface area contributed by atoms with Gasteiger partial charge in [-0.05, 0) is 36.8 Å². The summed E-state index contributed by atoms with van der Waals surface area (Å²) < 4.78 is 27.1. The summed E-state index contributed by atoms with van der Waals surface area (Å²) in [7, 11) is 0. The molecule has 0 spiro atoms. The predicted octanol–water partition coefficient (Wildman–Crippen LogP) is 3.81. The molecular weight excluding hydrogens is 364 g/mol. The summed E-state index contributed by atoms with van der Waals surface area (Å²) in [5, 5.41) is 20.6. The number of H-pyrrole nitrogens is 1. The van der Waals surface area contributed by atoms with E-state index in [1.807, 2.05) is 6.92 Å². The number of aromatic nitrogens is 4. The quantitative estimate of drug-likeness (QED) is 0.489. The molecule has 4 rings (SSSR count). The van der Waals surface area contributed by atoms with Crippen LogP contribution < -0.4 is 5.32 Å². The fourth-order valence-corrected chi connectivity index (χ4v) is 3.01. The number of nitrogens with one attached hydrogen (secondary N) is 2. The lowest BCUT2D eigenvalue weighted by molar-refractivity contribution is 0.277. The highest BCUT2D eigenvalue weighted by Gasteiger charge is 2.20. The standard InChI is InChI=1S/C20H17F2N5O/c1-11-8-18(27-26-11)24-19-15-7-6-14(22)9-17(15)23-20(25-19)16(10-28)12-2-4-13(21)5-3-12/h2-9,16,28H,10H2,1H3,(H2,23,24,25,26,27). The molecule has 0 aliphatic carbocycles. The summed E-state index contributed by atoms with van der Waals surface area (Å²) in [5.41, 5.74) is 1.91. The van der Waals surface area contributed by atoms with E-state index < -0.39 is 11.7 Å². The van der Waals surface area contributed by atoms with E-state index in [2.05, 4.69) is 25.5 Å². The molecule has 142 valence electrons. The zero-order valence-corrected chi connectivity index (χ0v) is 14.9. The molecule has 0 radical (unpaired) electrons. The zero-order chi connectivity index (χ0) is 19.7. The Morgan fingerprint density at radius 1 is 1.04 bits per heavy atom. The first-order chi connectivity index (χ1) is 13.5. The van der Waals surface area contributed by atoms with Gasteiger partial charge in [0, 0.05) is 23.2 Å². The van der Waals surface area contributed by atoms with Crippen LogP contribution in [0.1, 0.15) is 23.0 Å². The van der Waals surface area contributed by atoms with Crippen LogP contribution in [0.15, 0.2) is 48.5 Å². The zero-order valence-electron chi connectivity index (χ0n) is 14.9. The molecule has 3 N–H and O–H groups in total. The Balaban J connectivity index is 1.84. The number of nitrogens with zero attached hydrogens (tertiary/aromatic N) is 3. The van der Waals surface area contributed by atoms with E-state index in [4.69, 9.17) is 0 Å². The van der Waals surface area contributed by atoms with Crippen molar-refractivity contribution in [2.24, 2.45) is 0 Å². The first-order valence-electron chi connectivity index (χ1n) is 8.66. The van der Waals surface area contributed by atoms with Crippen LogP contribution in [-0.2, 0) is 0 Å². The number of hydrogen-bond acceptors (Lipinski definition) is 5. The van der Waals surface area contributed by atoms with Gasteiger partial charge in [-0.15, -0.1) is 0 Å². The number of rotatable bonds is 5. The van der Waals surface area contributed by atoms with Crippen molar-refractivity contribution in [2.75, 3.05) is 11.9 Å². The summed E-state index contributed by atoms with van der Waals surface area (Å²) in [5.74, 6) is -0.113. The van der Waals surface area contributed by atoms with Crippen molar-refractivity contribution < 1.29 is 13.9 Å². The highest BCUT2D eigenvalue weighted by molar-refractivity contribution is 5.90. The Hall–Kier alpha value is -3.39. The summed E-state index contributed by atoms with van der Waals surface area (Å²) in [6.07, 6.45) is 0. The second kappa shape index (κ2) is 7.32. The maximum atomic E-state index is 13.8. The molecule has 6 nitrogen and oxygen atoms in total. The minimum atomic E-state index is -0.588. The molecule has 4 aromatic rings. The molecule has 1 unspecified atom stereocenters. The van der Waals surface area contributed by atoms with Gasteiger partial charge in [0.25, 0.3) is 0 Å². The highest BCUT2D eigenvalue weighted by atomic mass is 19.1. The monoisotopic (exact) mass is 381 g/mol. The number of fused-ring (bicyclic) bond motifs is 1. The first kappa shape index (κ1) is 18.0. The smallest absolute Gasteiger partial charge is 0.153 e. The number of aryl methyl sites for hydroxylation is 1. The van der Waals surface area contributed by atoms with Crippen LogP contribution in [0.4, 0.5) is 20.4 Å². The third kappa shape index (κ3) is 3.54. The minimum Gasteiger partial charge on any atom is -0.395 e. The van der Waals surface area contributed by atoms with Gasteiger partial charge >= 0.3 is 0 Å². The maximum Gasteiger partial charge on any atom is 0.153 e. The minimum absolute atomic E-state index is 0.284. The number of aromatic amines is 1. The van der Waals surface area contributed by atoms with Gasteiger partial charge in [0.2, 0.25) is 0 Å². The van der Waals surface area contributed by atoms with Gasteiger partial charge in [-0.25, -0.2) is 18.7 Å². The van der Waals surface area contributed by atoms with Gasteiger partial charge in [-0.2, -0.15) is 5.10 Å². The molecule has 0 bridgehead atoms. The molecule has 0 fully saturated rings. The number of aliphatic hydroxyl groups is 1. The number of anilines is 2. The van der Waals surface area contributed by atoms with Crippen LogP contribution in [0, 0.1) is 18.6 Å². The van der Waals surface area contributed by atoms with Gasteiger partial charge in [-0.3, -0.25) is 5.10 Å². The van der Waals surface area contributed by atoms with Crippen LogP contribution in [-0.4, -0.2) is 31.9 Å². The van der Waals surface area contributed by atoms with Gasteiger partial charge < -0.3 is 10.4 Å². The van der Waals surface area contributed by atoms with Crippen molar-refractivity contribution in [3.05, 3.63) is 77.2 Å². The fourth-order valence-electron chi connectivity index (χ4n) is 3.01. The van der Waals surface area contributed by atoms with E-state index in [9.17, 15) is 13.9 Å². The lowest BCUT2D eigenvalue weighted by Crippen LogP contribution is -2.12. The van der Waals surface area contributed by atoms with Gasteiger partial charge in [0.1, 0.15) is 23.3 Å². The van der Waals surface area contributed by atoms with Gasteiger partial charge in [0.15, 0.2) is 5.82 Å². The third-order valence-electron chi connectivity index (χ3n) is 4.40. The Kier molecular flexibility index (Phi) is 4.70. The molecule has 0 aliphatic rings. The van der Waals surface area contributed by atoms with E-state index in [-0.39, 0.29) is 12.4 Å². The second-order valence-electron chi connectivity index (χ2n) is 6.44. The molecule has 8 heteroatoms. The van der Waals surface area contributed by atoms with Gasteiger partial charge in [0.05, 0.1) is 18.0 Å². The molecule has 0 saturated carbocycles. The molecule has 1 atom stereocenters. The highest BCUT2D eigenvalue weighted by Crippen LogP contribution is 2.29. The Labute approximate surface area is 159 Å². The summed E-state index contributed by atoms with van der Waals surface area (Å²) in [4.78, 5) is 8.99. The molecular formula is C20H17F2N5O. The van der Waals surface area contributed by atoms with E-state index in [1.54, 1.807) is 24.3 Å². The lowest BCUT2D eigenvalue weighted by Gasteiger charge is -2.16. The van der Waals surface area contributed by atoms with Crippen molar-refractivity contribution in [3.63, 3.8) is 0 Å². The SMILES string of the molecule is Cc1cc(Nc2nc(C(CO)c3ccc(F)cc3)nc3cc(F)ccc23)n[nH]1. The molecule has 0 aliphatic heterocycles. The molecule has 28 heavy (non-hydrogen) atoms. The van der Waals surface area contributed by atoms with Crippen molar-refractivity contribution in [1.29, 1.82) is 0 Å². The predicted molar refractivity (Wildman–Crippen MR) is 101 cm³/mol. The Morgan fingerprint density at radius 2 is 1.79 bits per heavy atom. The van der Waals surface area contributed by atoms with E-state index in [1.165, 1.54) is 24.3 Å². The molecule has 0 saturated heterocycles. The molecule has 2 aromatic carbocycles. The lowest BCUT2D eigenvalue weighted by atomic mass is 9.99. The second-order valence-corrected chi connectivity index (χ2v) is 6.44. The molecule has 2 heterocycles. The van der Waals surface area contributed by atoms with Gasteiger partial charge in [-0.1, -0.05) is 12.1 Å². The average Bonchev–Trinajstić information content (AvgIpc) is 3.08. The molecule has 2 aromatic heterocycles. The largest absolute Gasteiger partial charge is 0.395 e. The van der Waals surface area contributed by atoms with Crippen LogP contribution >= 0.6 is 0 Å². The normalized spacial score (nSPS) is 12.3. The summed E-state index contributed by atoms with van der Waals surface area (Å²) in [6, 6.07) is 11.8. The summed E-state index contributed by atoms with van der Waals surface area (Å²) >= 11 is 0. The number of benzene rings is 2. The first-order valence-corrected chi connectivity index (χ1v) is 8.66. The average molecular weight is 381 g/mol. The van der Waals surface area contributed by atoms with E-state index in [0.717, 1.165) is 5.69 Å². The molecule has 0 amide bonds. The van der Waals surface area contributed by atoms with Crippen molar-refractivity contribution in [2.45, 2.75) is 12.8 Å². The number of halogens is 2. The topological polar surface area (TPSA) is 86.7 Å². The van der Waals surface area contributed by atoms with Crippen LogP contribution in [0.3, 0.4) is 0 Å². The number of aliphatic hydroxyl groups excluding tert-OH is 1. The maximum absolute atomic E-state index is 13.8. The van der Waals surface area contributed by atoms with Crippen molar-refractivity contribution >= 4 is 22.5 Å². The van der Waals surface area contributed by atoms with Crippen molar-refractivity contribution in [3.8, 4) is 0 Å². The van der Waals surface area contributed by atoms with Crippen molar-refractivity contribution in [1.82, 2.24) is 20.2 Å². The van der Waals surface area contributed by atoms with E-state index in [0.29, 0.717) is 33.9 Å². The fraction of sp³-hybridized carbons (Fsp3) is 0.150. The van der Waals surface area contributed by atoms with Crippen LogP contribution in [0.2, 0.25) is 0 Å². The third-order valence-corrected chi connectivity index (χ3v) is 4.40. The Morgan fingerprint density at radius 3 is 2.46 bits per heavy atom. The summed E-state index contributed by atoms with van der Waals surface area (Å²) in [6.45, 7) is 1.58. The van der Waals surface area contributed by atoms with E-state index >= 15 is 0 Å². The van der Waals surface area contributed by atoms with Crippen LogP contribution in [0.5, 0.6) is 0 Å². The Bertz CT molecular complexity index is 1130. The number of hydrogen-bond donors (Lipinski definition) is 3. The van der Waals surface area contributed by atoms with Crippen LogP contribution in [0.25, 0.3) is 10.9 Å².